The van der Waals surface area contributed by atoms with Gasteiger partial charge in [-0.15, -0.1) is 0 Å². The molecule has 1 saturated heterocycles. The fourth-order valence-corrected chi connectivity index (χ4v) is 3.95. The van der Waals surface area contributed by atoms with E-state index in [4.69, 9.17) is 0 Å². The van der Waals surface area contributed by atoms with Crippen LogP contribution in [0, 0.1) is 5.82 Å². The summed E-state index contributed by atoms with van der Waals surface area (Å²) >= 11 is 0. The minimum Gasteiger partial charge on any atom is -0.368 e. The number of anilines is 3. The van der Waals surface area contributed by atoms with Gasteiger partial charge in [0.25, 0.3) is 0 Å². The second-order valence-corrected chi connectivity index (χ2v) is 7.42. The minimum atomic E-state index is -0.362. The number of benzene rings is 2. The van der Waals surface area contributed by atoms with Crippen LogP contribution in [0.1, 0.15) is 6.92 Å². The normalized spacial score (nSPS) is 14.5. The molecule has 1 amide bonds. The van der Waals surface area contributed by atoms with Crippen LogP contribution in [0.4, 0.5) is 21.6 Å². The van der Waals surface area contributed by atoms with Crippen LogP contribution in [0.25, 0.3) is 21.8 Å². The molecule has 2 N–H and O–H groups in total. The number of piperazine rings is 1. The molecule has 5 rings (SSSR count). The van der Waals surface area contributed by atoms with Crippen LogP contribution in [-0.4, -0.2) is 52.2 Å². The Balaban J connectivity index is 1.40. The maximum atomic E-state index is 14.3. The highest BCUT2D eigenvalue weighted by atomic mass is 19.1. The maximum Gasteiger partial charge on any atom is 0.219 e. The number of aromatic nitrogens is 3. The van der Waals surface area contributed by atoms with Crippen molar-refractivity contribution in [1.82, 2.24) is 20.1 Å². The van der Waals surface area contributed by atoms with Crippen molar-refractivity contribution in [2.75, 3.05) is 36.4 Å². The van der Waals surface area contributed by atoms with Gasteiger partial charge in [0.2, 0.25) is 5.91 Å². The van der Waals surface area contributed by atoms with E-state index in [1.54, 1.807) is 19.2 Å². The Labute approximate surface area is 172 Å². The summed E-state index contributed by atoms with van der Waals surface area (Å²) < 4.78 is 14.3. The molecule has 4 aromatic rings. The van der Waals surface area contributed by atoms with Crippen molar-refractivity contribution in [3.05, 3.63) is 54.5 Å². The van der Waals surface area contributed by atoms with Crippen molar-refractivity contribution in [2.45, 2.75) is 6.92 Å². The largest absolute Gasteiger partial charge is 0.368 e. The van der Waals surface area contributed by atoms with Crippen LogP contribution in [0.3, 0.4) is 0 Å². The van der Waals surface area contributed by atoms with Crippen LogP contribution in [0.15, 0.2) is 48.7 Å². The summed E-state index contributed by atoms with van der Waals surface area (Å²) in [6, 6.07) is 13.0. The monoisotopic (exact) mass is 404 g/mol. The fourth-order valence-electron chi connectivity index (χ4n) is 3.95. The molecular weight excluding hydrogens is 383 g/mol. The Kier molecular flexibility index (Phi) is 4.46. The lowest BCUT2D eigenvalue weighted by Gasteiger charge is -2.35. The number of amides is 1. The standard InChI is InChI=1S/C22H21FN6O/c1-14(30)28-9-11-29(12-10-28)16-7-5-15(6-8-16)25-22-21-18(13-24-27-21)17-3-2-4-19(23)20(17)26-22/h2-8,13H,9-12H2,1H3,(H,24,27)(H,25,26). The first-order chi connectivity index (χ1) is 14.6. The second-order valence-electron chi connectivity index (χ2n) is 7.42. The first-order valence-electron chi connectivity index (χ1n) is 9.89. The molecule has 0 spiro atoms. The summed E-state index contributed by atoms with van der Waals surface area (Å²) in [6.07, 6.45) is 1.69. The molecule has 30 heavy (non-hydrogen) atoms. The molecule has 0 atom stereocenters. The van der Waals surface area contributed by atoms with Crippen LogP contribution < -0.4 is 10.2 Å². The number of carbonyl (C=O) groups is 1. The van der Waals surface area contributed by atoms with E-state index in [1.165, 1.54) is 6.07 Å². The molecule has 8 heteroatoms. The van der Waals surface area contributed by atoms with Gasteiger partial charge < -0.3 is 15.1 Å². The molecule has 1 aliphatic heterocycles. The molecule has 0 aliphatic carbocycles. The number of para-hydroxylation sites is 1. The molecule has 0 radical (unpaired) electrons. The third kappa shape index (κ3) is 3.20. The topological polar surface area (TPSA) is 77.2 Å². The number of fused-ring (bicyclic) bond motifs is 3. The summed E-state index contributed by atoms with van der Waals surface area (Å²) in [4.78, 5) is 20.1. The van der Waals surface area contributed by atoms with Crippen molar-refractivity contribution in [1.29, 1.82) is 0 Å². The van der Waals surface area contributed by atoms with E-state index in [0.29, 0.717) is 11.3 Å². The Morgan fingerprint density at radius 1 is 1.07 bits per heavy atom. The number of H-pyrrole nitrogens is 1. The average molecular weight is 404 g/mol. The predicted molar refractivity (Wildman–Crippen MR) is 116 cm³/mol. The fraction of sp³-hybridized carbons (Fsp3) is 0.227. The molecule has 2 aromatic carbocycles. The number of hydrogen-bond acceptors (Lipinski definition) is 5. The molecule has 0 saturated carbocycles. The van der Waals surface area contributed by atoms with Gasteiger partial charge in [0.15, 0.2) is 5.82 Å². The lowest BCUT2D eigenvalue weighted by atomic mass is 10.1. The minimum absolute atomic E-state index is 0.124. The van der Waals surface area contributed by atoms with Crippen LogP contribution in [0.2, 0.25) is 0 Å². The highest BCUT2D eigenvalue weighted by molar-refractivity contribution is 6.08. The lowest BCUT2D eigenvalue weighted by Crippen LogP contribution is -2.48. The molecule has 2 aromatic heterocycles. The Bertz CT molecular complexity index is 1230. The molecule has 7 nitrogen and oxygen atoms in total. The number of pyridine rings is 1. The van der Waals surface area contributed by atoms with E-state index in [2.05, 4.69) is 25.4 Å². The van der Waals surface area contributed by atoms with Crippen LogP contribution in [0.5, 0.6) is 0 Å². The van der Waals surface area contributed by atoms with Gasteiger partial charge in [-0.2, -0.15) is 5.10 Å². The van der Waals surface area contributed by atoms with Crippen molar-refractivity contribution in [2.24, 2.45) is 0 Å². The Morgan fingerprint density at radius 3 is 2.57 bits per heavy atom. The van der Waals surface area contributed by atoms with Gasteiger partial charge in [-0.3, -0.25) is 9.89 Å². The average Bonchev–Trinajstić information content (AvgIpc) is 3.26. The zero-order chi connectivity index (χ0) is 20.7. The molecule has 152 valence electrons. The zero-order valence-electron chi connectivity index (χ0n) is 16.5. The van der Waals surface area contributed by atoms with E-state index >= 15 is 0 Å². The van der Waals surface area contributed by atoms with Gasteiger partial charge in [0.05, 0.1) is 6.20 Å². The third-order valence-electron chi connectivity index (χ3n) is 5.60. The zero-order valence-corrected chi connectivity index (χ0v) is 16.5. The number of nitrogens with zero attached hydrogens (tertiary/aromatic N) is 4. The van der Waals surface area contributed by atoms with Gasteiger partial charge in [0, 0.05) is 55.2 Å². The molecule has 0 bridgehead atoms. The van der Waals surface area contributed by atoms with Crippen molar-refractivity contribution < 1.29 is 9.18 Å². The van der Waals surface area contributed by atoms with Crippen molar-refractivity contribution >= 4 is 44.9 Å². The van der Waals surface area contributed by atoms with E-state index in [-0.39, 0.29) is 11.7 Å². The molecule has 1 aliphatic rings. The van der Waals surface area contributed by atoms with E-state index < -0.39 is 0 Å². The van der Waals surface area contributed by atoms with Crippen LogP contribution in [-0.2, 0) is 4.79 Å². The Hall–Kier alpha value is -3.68. The first-order valence-corrected chi connectivity index (χ1v) is 9.89. The SMILES string of the molecule is CC(=O)N1CCN(c2ccc(Nc3nc4c(F)cccc4c4cn[nH]c34)cc2)CC1. The third-order valence-corrected chi connectivity index (χ3v) is 5.60. The summed E-state index contributed by atoms with van der Waals surface area (Å²) in [5.74, 6) is 0.292. The van der Waals surface area contributed by atoms with Gasteiger partial charge in [-0.05, 0) is 30.3 Å². The predicted octanol–water partition coefficient (Wildman–Crippen LogP) is 3.66. The summed E-state index contributed by atoms with van der Waals surface area (Å²) in [6.45, 7) is 4.71. The highest BCUT2D eigenvalue weighted by Crippen LogP contribution is 2.31. The van der Waals surface area contributed by atoms with Crippen LogP contribution >= 0.6 is 0 Å². The number of carbonyl (C=O) groups excluding carboxylic acids is 1. The second kappa shape index (κ2) is 7.29. The first kappa shape index (κ1) is 18.4. The van der Waals surface area contributed by atoms with Gasteiger partial charge >= 0.3 is 0 Å². The van der Waals surface area contributed by atoms with Crippen molar-refractivity contribution in [3.63, 3.8) is 0 Å². The van der Waals surface area contributed by atoms with E-state index in [9.17, 15) is 9.18 Å². The highest BCUT2D eigenvalue weighted by Gasteiger charge is 2.19. The van der Waals surface area contributed by atoms with Gasteiger partial charge in [0.1, 0.15) is 16.9 Å². The lowest BCUT2D eigenvalue weighted by molar-refractivity contribution is -0.129. The smallest absolute Gasteiger partial charge is 0.219 e. The van der Waals surface area contributed by atoms with E-state index in [1.807, 2.05) is 35.2 Å². The molecular formula is C22H21FN6O. The molecule has 1 fully saturated rings. The number of hydrogen-bond donors (Lipinski definition) is 2. The Morgan fingerprint density at radius 2 is 1.83 bits per heavy atom. The maximum absolute atomic E-state index is 14.3. The summed E-state index contributed by atoms with van der Waals surface area (Å²) in [5, 5.41) is 11.9. The van der Waals surface area contributed by atoms with E-state index in [0.717, 1.165) is 53.8 Å². The van der Waals surface area contributed by atoms with Gasteiger partial charge in [-0.1, -0.05) is 12.1 Å². The quantitative estimate of drug-likeness (QED) is 0.545. The number of rotatable bonds is 3. The van der Waals surface area contributed by atoms with Gasteiger partial charge in [-0.25, -0.2) is 9.37 Å². The molecule has 0 unspecified atom stereocenters. The summed E-state index contributed by atoms with van der Waals surface area (Å²) in [7, 11) is 0. The number of aromatic amines is 1. The summed E-state index contributed by atoms with van der Waals surface area (Å²) in [5.41, 5.74) is 3.00. The van der Waals surface area contributed by atoms with Crippen molar-refractivity contribution in [3.8, 4) is 0 Å². The molecule has 3 heterocycles. The number of nitrogens with one attached hydrogen (secondary N) is 2. The number of halogens is 1.